The first-order valence-electron chi connectivity index (χ1n) is 5.70. The van der Waals surface area contributed by atoms with Crippen LogP contribution in [0.1, 0.15) is 11.1 Å². The molecule has 0 radical (unpaired) electrons. The van der Waals surface area contributed by atoms with Crippen molar-refractivity contribution in [3.8, 4) is 0 Å². The van der Waals surface area contributed by atoms with Crippen LogP contribution in [0.25, 0.3) is 0 Å². The molecule has 0 aliphatic rings. The summed E-state index contributed by atoms with van der Waals surface area (Å²) in [5, 5.41) is 21.3. The second-order valence-corrected chi connectivity index (χ2v) is 7.63. The van der Waals surface area contributed by atoms with Gasteiger partial charge in [0, 0.05) is 24.3 Å². The third kappa shape index (κ3) is 3.27. The van der Waals surface area contributed by atoms with E-state index >= 15 is 0 Å². The van der Waals surface area contributed by atoms with Gasteiger partial charge >= 0.3 is 0 Å². The van der Waals surface area contributed by atoms with Crippen LogP contribution in [-0.2, 0) is 3.23 Å². The van der Waals surface area contributed by atoms with Crippen molar-refractivity contribution in [2.24, 2.45) is 0 Å². The molecule has 0 amide bonds. The zero-order valence-corrected chi connectivity index (χ0v) is 13.6. The average molecular weight is 416 g/mol. The molecule has 0 saturated heterocycles. The van der Waals surface area contributed by atoms with Gasteiger partial charge in [-0.15, -0.1) is 0 Å². The highest BCUT2D eigenvalue weighted by Crippen LogP contribution is 2.45. The van der Waals surface area contributed by atoms with E-state index in [2.05, 4.69) is 31.9 Å². The van der Waals surface area contributed by atoms with Crippen LogP contribution in [0.15, 0.2) is 48.5 Å². The number of hydrogen-bond donors (Lipinski definition) is 0. The molecule has 0 atom stereocenters. The molecule has 0 aliphatic carbocycles. The van der Waals surface area contributed by atoms with Crippen molar-refractivity contribution < 1.29 is 9.85 Å². The number of nitro groups is 2. The summed E-state index contributed by atoms with van der Waals surface area (Å²) in [6, 6.07) is 12.1. The largest absolute Gasteiger partial charge is 0.269 e. The summed E-state index contributed by atoms with van der Waals surface area (Å²) in [7, 11) is 0. The molecule has 0 fully saturated rings. The van der Waals surface area contributed by atoms with Crippen molar-refractivity contribution in [2.45, 2.75) is 3.23 Å². The Morgan fingerprint density at radius 3 is 1.24 bits per heavy atom. The zero-order chi connectivity index (χ0) is 15.6. The van der Waals surface area contributed by atoms with Gasteiger partial charge in [-0.1, -0.05) is 31.9 Å². The van der Waals surface area contributed by atoms with E-state index in [1.165, 1.54) is 24.3 Å². The zero-order valence-electron chi connectivity index (χ0n) is 10.4. The summed E-state index contributed by atoms with van der Waals surface area (Å²) in [5.41, 5.74) is 1.47. The molecule has 108 valence electrons. The molecule has 0 unspecified atom stereocenters. The van der Waals surface area contributed by atoms with Gasteiger partial charge in [-0.05, 0) is 35.4 Å². The summed E-state index contributed by atoms with van der Waals surface area (Å²) < 4.78 is -0.774. The first-order valence-corrected chi connectivity index (χ1v) is 7.28. The Labute approximate surface area is 136 Å². The SMILES string of the molecule is O=[N+]([O-])c1ccc(C(Br)(Br)c2ccc([N+](=O)[O-])cc2)cc1. The highest BCUT2D eigenvalue weighted by molar-refractivity contribution is 9.25. The molecule has 0 aromatic heterocycles. The molecular formula is C13H8Br2N2O4. The van der Waals surface area contributed by atoms with Gasteiger partial charge in [0.25, 0.3) is 11.4 Å². The van der Waals surface area contributed by atoms with Crippen LogP contribution in [0, 0.1) is 20.2 Å². The molecule has 0 N–H and O–H groups in total. The van der Waals surface area contributed by atoms with E-state index < -0.39 is 13.1 Å². The summed E-state index contributed by atoms with van der Waals surface area (Å²) in [6.07, 6.45) is 0. The lowest BCUT2D eigenvalue weighted by atomic mass is 10.0. The third-order valence-corrected chi connectivity index (χ3v) is 4.71. The highest BCUT2D eigenvalue weighted by Gasteiger charge is 2.28. The fourth-order valence-corrected chi connectivity index (χ4v) is 2.81. The van der Waals surface area contributed by atoms with Gasteiger partial charge in [0.05, 0.1) is 9.85 Å². The van der Waals surface area contributed by atoms with Gasteiger partial charge in [0.2, 0.25) is 0 Å². The molecule has 6 nitrogen and oxygen atoms in total. The summed E-state index contributed by atoms with van der Waals surface area (Å²) in [6.45, 7) is 0. The quantitative estimate of drug-likeness (QED) is 0.418. The lowest BCUT2D eigenvalue weighted by molar-refractivity contribution is -0.385. The van der Waals surface area contributed by atoms with E-state index in [1.54, 1.807) is 24.3 Å². The summed E-state index contributed by atoms with van der Waals surface area (Å²) in [5.74, 6) is 0. The van der Waals surface area contributed by atoms with E-state index in [9.17, 15) is 20.2 Å². The number of non-ortho nitro benzene ring substituents is 2. The second-order valence-electron chi connectivity index (χ2n) is 4.18. The number of hydrogen-bond acceptors (Lipinski definition) is 4. The van der Waals surface area contributed by atoms with Crippen LogP contribution in [0.3, 0.4) is 0 Å². The Morgan fingerprint density at radius 2 is 1.00 bits per heavy atom. The van der Waals surface area contributed by atoms with Crippen molar-refractivity contribution in [3.63, 3.8) is 0 Å². The highest BCUT2D eigenvalue weighted by atomic mass is 79.9. The van der Waals surface area contributed by atoms with Crippen molar-refractivity contribution in [1.29, 1.82) is 0 Å². The van der Waals surface area contributed by atoms with E-state index in [0.717, 1.165) is 11.1 Å². The van der Waals surface area contributed by atoms with E-state index in [1.807, 2.05) is 0 Å². The summed E-state index contributed by atoms with van der Waals surface area (Å²) >= 11 is 7.00. The predicted molar refractivity (Wildman–Crippen MR) is 84.8 cm³/mol. The van der Waals surface area contributed by atoms with Gasteiger partial charge in [-0.2, -0.15) is 0 Å². The second kappa shape index (κ2) is 5.90. The number of halogens is 2. The minimum atomic E-state index is -0.774. The Bertz CT molecular complexity index is 625. The van der Waals surface area contributed by atoms with Gasteiger partial charge in [-0.3, -0.25) is 20.2 Å². The molecule has 0 saturated carbocycles. The molecule has 2 rings (SSSR count). The van der Waals surface area contributed by atoms with Gasteiger partial charge in [0.15, 0.2) is 0 Å². The number of nitrogens with zero attached hydrogens (tertiary/aromatic N) is 2. The monoisotopic (exact) mass is 414 g/mol. The van der Waals surface area contributed by atoms with Crippen LogP contribution >= 0.6 is 31.9 Å². The number of alkyl halides is 2. The molecule has 21 heavy (non-hydrogen) atoms. The molecular weight excluding hydrogens is 408 g/mol. The predicted octanol–water partition coefficient (Wildman–Crippen LogP) is 4.49. The van der Waals surface area contributed by atoms with Crippen molar-refractivity contribution in [2.75, 3.05) is 0 Å². The molecule has 0 bridgehead atoms. The van der Waals surface area contributed by atoms with E-state index in [4.69, 9.17) is 0 Å². The Morgan fingerprint density at radius 1 is 0.714 bits per heavy atom. The fraction of sp³-hybridized carbons (Fsp3) is 0.0769. The van der Waals surface area contributed by atoms with Crippen molar-refractivity contribution in [3.05, 3.63) is 79.9 Å². The van der Waals surface area contributed by atoms with Crippen LogP contribution in [0.5, 0.6) is 0 Å². The first kappa shape index (κ1) is 15.6. The van der Waals surface area contributed by atoms with Crippen LogP contribution in [-0.4, -0.2) is 9.85 Å². The van der Waals surface area contributed by atoms with Gasteiger partial charge in [-0.25, -0.2) is 0 Å². The molecule has 0 heterocycles. The fourth-order valence-electron chi connectivity index (χ4n) is 1.75. The number of nitro benzene ring substituents is 2. The standard InChI is InChI=1S/C13H8Br2N2O4/c14-13(15,9-1-5-11(6-2-9)16(18)19)10-3-7-12(8-4-10)17(20)21/h1-8H. The van der Waals surface area contributed by atoms with Crippen LogP contribution < -0.4 is 0 Å². The third-order valence-electron chi connectivity index (χ3n) is 2.88. The maximum absolute atomic E-state index is 10.7. The Hall–Kier alpha value is -1.80. The van der Waals surface area contributed by atoms with E-state index in [0.29, 0.717) is 0 Å². The number of benzene rings is 2. The number of rotatable bonds is 4. The Balaban J connectivity index is 2.36. The molecule has 0 spiro atoms. The molecule has 2 aromatic carbocycles. The average Bonchev–Trinajstić information content (AvgIpc) is 2.47. The molecule has 0 aliphatic heterocycles. The Kier molecular flexibility index (Phi) is 4.38. The van der Waals surface area contributed by atoms with Crippen molar-refractivity contribution in [1.82, 2.24) is 0 Å². The smallest absolute Gasteiger partial charge is 0.258 e. The first-order chi connectivity index (χ1) is 9.82. The molecule has 2 aromatic rings. The lowest BCUT2D eigenvalue weighted by Gasteiger charge is -2.21. The van der Waals surface area contributed by atoms with Crippen LogP contribution in [0.4, 0.5) is 11.4 Å². The normalized spacial score (nSPS) is 11.1. The maximum Gasteiger partial charge on any atom is 0.269 e. The minimum absolute atomic E-state index is 0.00162. The lowest BCUT2D eigenvalue weighted by Crippen LogP contribution is -2.10. The maximum atomic E-state index is 10.7. The van der Waals surface area contributed by atoms with Gasteiger partial charge in [0.1, 0.15) is 3.23 Å². The van der Waals surface area contributed by atoms with Gasteiger partial charge < -0.3 is 0 Å². The van der Waals surface area contributed by atoms with Crippen LogP contribution in [0.2, 0.25) is 0 Å². The minimum Gasteiger partial charge on any atom is -0.258 e. The van der Waals surface area contributed by atoms with Crippen molar-refractivity contribution >= 4 is 43.2 Å². The van der Waals surface area contributed by atoms with E-state index in [-0.39, 0.29) is 11.4 Å². The topological polar surface area (TPSA) is 86.3 Å². The molecule has 8 heteroatoms. The summed E-state index contributed by atoms with van der Waals surface area (Å²) in [4.78, 5) is 20.4.